The van der Waals surface area contributed by atoms with Gasteiger partial charge in [0.25, 0.3) is 5.91 Å². The molecule has 132 valence electrons. The van der Waals surface area contributed by atoms with Gasteiger partial charge in [-0.25, -0.2) is 0 Å². The third-order valence-electron chi connectivity index (χ3n) is 6.36. The summed E-state index contributed by atoms with van der Waals surface area (Å²) in [5.74, 6) is -2.11. The molecule has 2 aromatic carbocycles. The Morgan fingerprint density at radius 2 is 1.85 bits per heavy atom. The topological polar surface area (TPSA) is 69.6 Å². The number of benzene rings is 2. The van der Waals surface area contributed by atoms with Crippen molar-refractivity contribution in [3.63, 3.8) is 0 Å². The molecule has 0 radical (unpaired) electrons. The van der Waals surface area contributed by atoms with Gasteiger partial charge in [0.05, 0.1) is 5.92 Å². The van der Waals surface area contributed by atoms with E-state index < -0.39 is 17.4 Å². The zero-order valence-electron chi connectivity index (χ0n) is 14.3. The molecule has 0 bridgehead atoms. The van der Waals surface area contributed by atoms with Crippen LogP contribution >= 0.6 is 0 Å². The molecule has 4 atom stereocenters. The molecule has 1 amide bonds. The molecule has 3 aliphatic rings. The molecule has 3 heterocycles. The predicted octanol–water partition coefficient (Wildman–Crippen LogP) is 2.80. The Hall–Kier alpha value is -2.66. The number of carbonyl (C=O) groups is 2. The summed E-state index contributed by atoms with van der Waals surface area (Å²) < 4.78 is 0. The lowest BCUT2D eigenvalue weighted by Crippen LogP contribution is -2.52. The van der Waals surface area contributed by atoms with Crippen LogP contribution in [0.3, 0.4) is 0 Å². The van der Waals surface area contributed by atoms with Crippen LogP contribution in [-0.4, -0.2) is 34.5 Å². The first-order chi connectivity index (χ1) is 12.7. The fourth-order valence-electron chi connectivity index (χ4n) is 5.54. The average molecular weight is 348 g/mol. The minimum absolute atomic E-state index is 0.0652. The van der Waals surface area contributed by atoms with Gasteiger partial charge < -0.3 is 10.4 Å². The standard InChI is InChI=1S/C21H20N2O3/c24-19(25)18-17(13-7-2-1-3-8-13)16-11-6-12-23(16)21(18)14-9-4-5-10-15(14)22-20(21)26/h1-5,7-10,16-18H,6,11-12H2,(H,22,26)(H,24,25)/t16-,17-,18-,21+/m0/s1. The zero-order valence-corrected chi connectivity index (χ0v) is 14.3. The molecule has 0 saturated carbocycles. The number of hydrogen-bond acceptors (Lipinski definition) is 3. The van der Waals surface area contributed by atoms with Gasteiger partial charge in [0, 0.05) is 23.2 Å². The monoisotopic (exact) mass is 348 g/mol. The second-order valence-electron chi connectivity index (χ2n) is 7.42. The fraction of sp³-hybridized carbons (Fsp3) is 0.333. The summed E-state index contributed by atoms with van der Waals surface area (Å²) in [6.45, 7) is 0.750. The maximum Gasteiger partial charge on any atom is 0.309 e. The highest BCUT2D eigenvalue weighted by Gasteiger charge is 2.69. The van der Waals surface area contributed by atoms with Crippen molar-refractivity contribution in [3.8, 4) is 0 Å². The van der Waals surface area contributed by atoms with Crippen LogP contribution in [-0.2, 0) is 15.1 Å². The number of para-hydroxylation sites is 1. The van der Waals surface area contributed by atoms with Gasteiger partial charge in [0.15, 0.2) is 0 Å². The molecule has 0 aliphatic carbocycles. The quantitative estimate of drug-likeness (QED) is 0.876. The molecule has 5 heteroatoms. The van der Waals surface area contributed by atoms with E-state index in [4.69, 9.17) is 0 Å². The minimum atomic E-state index is -1.12. The Morgan fingerprint density at radius 1 is 1.12 bits per heavy atom. The van der Waals surface area contributed by atoms with E-state index >= 15 is 0 Å². The molecule has 2 aromatic rings. The van der Waals surface area contributed by atoms with Crippen molar-refractivity contribution in [1.82, 2.24) is 4.90 Å². The third kappa shape index (κ3) is 1.78. The molecule has 2 fully saturated rings. The number of anilines is 1. The highest BCUT2D eigenvalue weighted by atomic mass is 16.4. The average Bonchev–Trinajstić information content (AvgIpc) is 3.29. The van der Waals surface area contributed by atoms with E-state index in [0.717, 1.165) is 36.2 Å². The fourth-order valence-corrected chi connectivity index (χ4v) is 5.54. The minimum Gasteiger partial charge on any atom is -0.481 e. The zero-order chi connectivity index (χ0) is 17.9. The van der Waals surface area contributed by atoms with Gasteiger partial charge in [-0.15, -0.1) is 0 Å². The Labute approximate surface area is 151 Å². The van der Waals surface area contributed by atoms with Gasteiger partial charge >= 0.3 is 5.97 Å². The van der Waals surface area contributed by atoms with Crippen molar-refractivity contribution in [2.75, 3.05) is 11.9 Å². The maximum atomic E-state index is 13.3. The summed E-state index contributed by atoms with van der Waals surface area (Å²) in [6, 6.07) is 17.4. The van der Waals surface area contributed by atoms with Crippen molar-refractivity contribution < 1.29 is 14.7 Å². The number of aliphatic carboxylic acids is 1. The summed E-state index contributed by atoms with van der Waals surface area (Å²) >= 11 is 0. The van der Waals surface area contributed by atoms with E-state index in [1.165, 1.54) is 0 Å². The Bertz CT molecular complexity index is 897. The molecule has 2 N–H and O–H groups in total. The van der Waals surface area contributed by atoms with Crippen LogP contribution in [0.2, 0.25) is 0 Å². The van der Waals surface area contributed by atoms with Crippen LogP contribution in [0, 0.1) is 5.92 Å². The third-order valence-corrected chi connectivity index (χ3v) is 6.36. The largest absolute Gasteiger partial charge is 0.481 e. The Morgan fingerprint density at radius 3 is 2.62 bits per heavy atom. The van der Waals surface area contributed by atoms with E-state index in [-0.39, 0.29) is 17.9 Å². The molecule has 1 spiro atoms. The summed E-state index contributed by atoms with van der Waals surface area (Å²) in [7, 11) is 0. The molecule has 2 saturated heterocycles. The van der Waals surface area contributed by atoms with Gasteiger partial charge in [-0.3, -0.25) is 14.5 Å². The van der Waals surface area contributed by atoms with Crippen LogP contribution < -0.4 is 5.32 Å². The van der Waals surface area contributed by atoms with Crippen LogP contribution in [0.1, 0.15) is 29.9 Å². The van der Waals surface area contributed by atoms with Crippen molar-refractivity contribution in [2.24, 2.45) is 5.92 Å². The number of carboxylic acids is 1. The number of nitrogens with zero attached hydrogens (tertiary/aromatic N) is 1. The first kappa shape index (κ1) is 15.6. The number of rotatable bonds is 2. The molecule has 0 unspecified atom stereocenters. The van der Waals surface area contributed by atoms with E-state index in [2.05, 4.69) is 10.2 Å². The van der Waals surface area contributed by atoms with Crippen molar-refractivity contribution in [2.45, 2.75) is 30.3 Å². The van der Waals surface area contributed by atoms with E-state index in [9.17, 15) is 14.7 Å². The van der Waals surface area contributed by atoms with Crippen molar-refractivity contribution >= 4 is 17.6 Å². The number of fused-ring (bicyclic) bond motifs is 4. The van der Waals surface area contributed by atoms with Crippen LogP contribution in [0.4, 0.5) is 5.69 Å². The molecule has 26 heavy (non-hydrogen) atoms. The molecule has 5 nitrogen and oxygen atoms in total. The first-order valence-electron chi connectivity index (χ1n) is 9.11. The Balaban J connectivity index is 1.78. The summed E-state index contributed by atoms with van der Waals surface area (Å²) in [6.07, 6.45) is 1.90. The second kappa shape index (κ2) is 5.42. The SMILES string of the molecule is O=C(O)[C@@H]1[C@@H](c2ccccc2)[C@@H]2CCCN2[C@@]12C(=O)Nc1ccccc12. The number of carboxylic acid groups (broad SMARTS) is 1. The summed E-state index contributed by atoms with van der Waals surface area (Å²) in [5, 5.41) is 13.2. The normalized spacial score (nSPS) is 32.5. The smallest absolute Gasteiger partial charge is 0.309 e. The lowest BCUT2D eigenvalue weighted by molar-refractivity contribution is -0.150. The highest BCUT2D eigenvalue weighted by Crippen LogP contribution is 2.60. The number of carbonyl (C=O) groups excluding carboxylic acids is 1. The van der Waals surface area contributed by atoms with Gasteiger partial charge in [-0.2, -0.15) is 0 Å². The highest BCUT2D eigenvalue weighted by molar-refractivity contribution is 6.09. The Kier molecular flexibility index (Phi) is 3.25. The lowest BCUT2D eigenvalue weighted by Gasteiger charge is -2.35. The first-order valence-corrected chi connectivity index (χ1v) is 9.11. The molecule has 5 rings (SSSR count). The van der Waals surface area contributed by atoms with Crippen molar-refractivity contribution in [1.29, 1.82) is 0 Å². The van der Waals surface area contributed by atoms with Crippen LogP contribution in [0.5, 0.6) is 0 Å². The number of hydrogen-bond donors (Lipinski definition) is 2. The van der Waals surface area contributed by atoms with Crippen molar-refractivity contribution in [3.05, 3.63) is 65.7 Å². The predicted molar refractivity (Wildman–Crippen MR) is 96.8 cm³/mol. The number of nitrogens with one attached hydrogen (secondary N) is 1. The van der Waals surface area contributed by atoms with Crippen LogP contribution in [0.15, 0.2) is 54.6 Å². The second-order valence-corrected chi connectivity index (χ2v) is 7.42. The van der Waals surface area contributed by atoms with Gasteiger partial charge in [-0.05, 0) is 31.0 Å². The molecular weight excluding hydrogens is 328 g/mol. The van der Waals surface area contributed by atoms with Crippen LogP contribution in [0.25, 0.3) is 0 Å². The van der Waals surface area contributed by atoms with Gasteiger partial charge in [-0.1, -0.05) is 48.5 Å². The van der Waals surface area contributed by atoms with E-state index in [0.29, 0.717) is 0 Å². The summed E-state index contributed by atoms with van der Waals surface area (Å²) in [5.41, 5.74) is 1.43. The molecule has 3 aliphatic heterocycles. The van der Waals surface area contributed by atoms with E-state index in [1.807, 2.05) is 54.6 Å². The van der Waals surface area contributed by atoms with E-state index in [1.54, 1.807) is 0 Å². The number of amides is 1. The molecular formula is C21H20N2O3. The maximum absolute atomic E-state index is 13.3. The molecule has 0 aromatic heterocycles. The lowest BCUT2D eigenvalue weighted by atomic mass is 9.72. The van der Waals surface area contributed by atoms with Gasteiger partial charge in [0.1, 0.15) is 5.54 Å². The van der Waals surface area contributed by atoms with Gasteiger partial charge in [0.2, 0.25) is 0 Å². The summed E-state index contributed by atoms with van der Waals surface area (Å²) in [4.78, 5) is 28.0.